The summed E-state index contributed by atoms with van der Waals surface area (Å²) in [6.45, 7) is 7.62. The minimum absolute atomic E-state index is 0.163. The largest absolute Gasteiger partial charge is 0.376 e. The van der Waals surface area contributed by atoms with Gasteiger partial charge in [-0.05, 0) is 68.9 Å². The fourth-order valence-corrected chi connectivity index (χ4v) is 6.01. The molecular weight excluding hydrogens is 450 g/mol. The van der Waals surface area contributed by atoms with E-state index in [9.17, 15) is 4.79 Å². The van der Waals surface area contributed by atoms with Crippen molar-refractivity contribution in [1.29, 1.82) is 0 Å². The summed E-state index contributed by atoms with van der Waals surface area (Å²) in [5, 5.41) is 8.80. The highest BCUT2D eigenvalue weighted by Crippen LogP contribution is 2.43. The summed E-state index contributed by atoms with van der Waals surface area (Å²) in [6.07, 6.45) is 7.94. The number of aryl methyl sites for hydroxylation is 1. The summed E-state index contributed by atoms with van der Waals surface area (Å²) < 4.78 is 7.78. The minimum atomic E-state index is 0.163. The van der Waals surface area contributed by atoms with Gasteiger partial charge in [0.2, 0.25) is 0 Å². The van der Waals surface area contributed by atoms with Crippen molar-refractivity contribution >= 4 is 11.6 Å². The fraction of sp³-hybridized carbons (Fsp3) is 0.483. The van der Waals surface area contributed by atoms with Gasteiger partial charge in [0.15, 0.2) is 0 Å². The fourth-order valence-electron chi connectivity index (χ4n) is 6.01. The second kappa shape index (κ2) is 9.69. The van der Waals surface area contributed by atoms with Gasteiger partial charge in [-0.25, -0.2) is 4.68 Å². The van der Waals surface area contributed by atoms with Crippen molar-refractivity contribution in [2.75, 3.05) is 37.7 Å². The maximum absolute atomic E-state index is 12.8. The van der Waals surface area contributed by atoms with E-state index in [2.05, 4.69) is 40.3 Å². The number of anilines is 1. The van der Waals surface area contributed by atoms with Gasteiger partial charge in [-0.1, -0.05) is 29.5 Å². The molecule has 1 amide bonds. The Morgan fingerprint density at radius 2 is 1.89 bits per heavy atom. The average Bonchev–Trinajstić information content (AvgIpc) is 3.36. The highest BCUT2D eigenvalue weighted by Gasteiger charge is 2.45. The van der Waals surface area contributed by atoms with Crippen molar-refractivity contribution in [2.45, 2.75) is 51.7 Å². The van der Waals surface area contributed by atoms with Crippen LogP contribution in [0.25, 0.3) is 11.3 Å². The molecule has 0 unspecified atom stereocenters. The van der Waals surface area contributed by atoms with Crippen LogP contribution in [0, 0.1) is 12.3 Å². The van der Waals surface area contributed by atoms with Gasteiger partial charge in [-0.15, -0.1) is 5.10 Å². The van der Waals surface area contributed by atoms with Crippen LogP contribution in [-0.2, 0) is 11.3 Å². The molecule has 7 heteroatoms. The first-order valence-corrected chi connectivity index (χ1v) is 13.3. The number of aromatic nitrogens is 3. The van der Waals surface area contributed by atoms with Crippen LogP contribution in [0.15, 0.2) is 54.7 Å². The van der Waals surface area contributed by atoms with E-state index >= 15 is 0 Å². The van der Waals surface area contributed by atoms with Crippen molar-refractivity contribution in [3.63, 3.8) is 0 Å². The van der Waals surface area contributed by atoms with Gasteiger partial charge in [-0.2, -0.15) is 0 Å². The summed E-state index contributed by atoms with van der Waals surface area (Å²) in [5.74, 6) is 0.163. The van der Waals surface area contributed by atoms with Crippen molar-refractivity contribution in [2.24, 2.45) is 5.41 Å². The topological polar surface area (TPSA) is 63.5 Å². The van der Waals surface area contributed by atoms with Crippen LogP contribution < -0.4 is 4.90 Å². The van der Waals surface area contributed by atoms with Crippen LogP contribution in [0.4, 0.5) is 5.69 Å². The number of benzene rings is 2. The van der Waals surface area contributed by atoms with Crippen molar-refractivity contribution in [3.8, 4) is 11.3 Å². The summed E-state index contributed by atoms with van der Waals surface area (Å²) >= 11 is 0. The molecule has 3 aliphatic rings. The Balaban J connectivity index is 1.05. The quantitative estimate of drug-likeness (QED) is 0.530. The molecule has 0 aliphatic carbocycles. The monoisotopic (exact) mass is 485 g/mol. The standard InChI is InChI=1S/C29H35N5O2/c1-22-17-24(10-11-26(22)27-19-34(31-30-27)18-25-9-5-6-16-36-25)33-20-29(21-33)12-14-32(15-13-29)28(35)23-7-3-2-4-8-23/h2-4,7-8,10-11,17,19,25H,5-6,9,12-16,18,20-21H2,1H3/t25-/m1/s1. The Bertz CT molecular complexity index is 1200. The summed E-state index contributed by atoms with van der Waals surface area (Å²) in [5.41, 5.74) is 5.68. The number of nitrogens with zero attached hydrogens (tertiary/aromatic N) is 5. The van der Waals surface area contributed by atoms with E-state index in [0.717, 1.165) is 81.8 Å². The predicted octanol–water partition coefficient (Wildman–Crippen LogP) is 4.57. The van der Waals surface area contributed by atoms with E-state index in [1.54, 1.807) is 0 Å². The molecule has 0 radical (unpaired) electrons. The van der Waals surface area contributed by atoms with Crippen LogP contribution in [-0.4, -0.2) is 64.7 Å². The molecule has 3 fully saturated rings. The zero-order valence-electron chi connectivity index (χ0n) is 21.1. The first-order chi connectivity index (χ1) is 17.6. The number of amides is 1. The van der Waals surface area contributed by atoms with Gasteiger partial charge in [0, 0.05) is 55.0 Å². The van der Waals surface area contributed by atoms with Crippen LogP contribution >= 0.6 is 0 Å². The smallest absolute Gasteiger partial charge is 0.253 e. The molecule has 0 N–H and O–H groups in total. The summed E-state index contributed by atoms with van der Waals surface area (Å²) in [4.78, 5) is 17.3. The summed E-state index contributed by atoms with van der Waals surface area (Å²) in [6, 6.07) is 16.3. The zero-order valence-corrected chi connectivity index (χ0v) is 21.1. The molecule has 1 spiro atoms. The molecule has 1 atom stereocenters. The molecule has 4 heterocycles. The Labute approximate surface area is 213 Å². The Hall–Kier alpha value is -3.19. The lowest BCUT2D eigenvalue weighted by molar-refractivity contribution is 0.00370. The second-order valence-electron chi connectivity index (χ2n) is 10.8. The van der Waals surface area contributed by atoms with Gasteiger partial charge >= 0.3 is 0 Å². The zero-order chi connectivity index (χ0) is 24.5. The third kappa shape index (κ3) is 4.64. The van der Waals surface area contributed by atoms with Crippen molar-refractivity contribution in [1.82, 2.24) is 19.9 Å². The number of rotatable bonds is 5. The number of carbonyl (C=O) groups is 1. The molecule has 3 aliphatic heterocycles. The molecule has 0 saturated carbocycles. The van der Waals surface area contributed by atoms with Crippen molar-refractivity contribution < 1.29 is 9.53 Å². The lowest BCUT2D eigenvalue weighted by atomic mass is 9.71. The third-order valence-electron chi connectivity index (χ3n) is 8.24. The molecule has 7 nitrogen and oxygen atoms in total. The SMILES string of the molecule is Cc1cc(N2CC3(CCN(C(=O)c4ccccc4)CC3)C2)ccc1-c1cn(C[C@H]2CCCCO2)nn1. The lowest BCUT2D eigenvalue weighted by Gasteiger charge is -2.55. The van der Waals surface area contributed by atoms with Crippen molar-refractivity contribution in [3.05, 3.63) is 65.9 Å². The average molecular weight is 486 g/mol. The molecular formula is C29H35N5O2. The molecule has 188 valence electrons. The maximum atomic E-state index is 12.8. The molecule has 1 aromatic heterocycles. The molecule has 3 aromatic rings. The van der Waals surface area contributed by atoms with E-state index in [-0.39, 0.29) is 12.0 Å². The first kappa shape index (κ1) is 23.2. The van der Waals surface area contributed by atoms with Gasteiger partial charge in [0.1, 0.15) is 5.69 Å². The minimum Gasteiger partial charge on any atom is -0.376 e. The molecule has 6 rings (SSSR count). The Morgan fingerprint density at radius 1 is 1.08 bits per heavy atom. The van der Waals surface area contributed by atoms with Gasteiger partial charge < -0.3 is 14.5 Å². The van der Waals surface area contributed by atoms with E-state index in [4.69, 9.17) is 4.74 Å². The predicted molar refractivity (Wildman–Crippen MR) is 140 cm³/mol. The van der Waals surface area contributed by atoms with E-state index in [0.29, 0.717) is 5.41 Å². The first-order valence-electron chi connectivity index (χ1n) is 13.3. The Morgan fingerprint density at radius 3 is 2.61 bits per heavy atom. The molecule has 36 heavy (non-hydrogen) atoms. The number of piperidine rings is 1. The highest BCUT2D eigenvalue weighted by molar-refractivity contribution is 5.94. The molecule has 0 bridgehead atoms. The van der Waals surface area contributed by atoms with Crippen LogP contribution in [0.2, 0.25) is 0 Å². The number of ether oxygens (including phenoxy) is 1. The lowest BCUT2D eigenvalue weighted by Crippen LogP contribution is -2.61. The van der Waals surface area contributed by atoms with E-state index in [1.807, 2.05) is 46.1 Å². The normalized spacial score (nSPS) is 21.4. The number of likely N-dealkylation sites (tertiary alicyclic amines) is 1. The molecule has 3 saturated heterocycles. The van der Waals surface area contributed by atoms with E-state index < -0.39 is 0 Å². The van der Waals surface area contributed by atoms with Gasteiger partial charge in [0.25, 0.3) is 5.91 Å². The second-order valence-corrected chi connectivity index (χ2v) is 10.8. The van der Waals surface area contributed by atoms with Crippen LogP contribution in [0.1, 0.15) is 48.0 Å². The van der Waals surface area contributed by atoms with Gasteiger partial charge in [0.05, 0.1) is 18.8 Å². The highest BCUT2D eigenvalue weighted by atomic mass is 16.5. The van der Waals surface area contributed by atoms with Gasteiger partial charge in [-0.3, -0.25) is 4.79 Å². The summed E-state index contributed by atoms with van der Waals surface area (Å²) in [7, 11) is 0. The van der Waals surface area contributed by atoms with Crippen LogP contribution in [0.5, 0.6) is 0 Å². The Kier molecular flexibility index (Phi) is 6.25. The molecule has 2 aromatic carbocycles. The number of carbonyl (C=O) groups excluding carboxylic acids is 1. The third-order valence-corrected chi connectivity index (χ3v) is 8.24. The van der Waals surface area contributed by atoms with E-state index in [1.165, 1.54) is 17.7 Å². The number of hydrogen-bond donors (Lipinski definition) is 0. The van der Waals surface area contributed by atoms with Crippen LogP contribution in [0.3, 0.4) is 0 Å². The maximum Gasteiger partial charge on any atom is 0.253 e. The number of hydrogen-bond acceptors (Lipinski definition) is 5.